The molecule has 0 spiro atoms. The summed E-state index contributed by atoms with van der Waals surface area (Å²) in [6.45, 7) is 1.73. The van der Waals surface area contributed by atoms with Crippen LogP contribution in [0.1, 0.15) is 12.5 Å². The number of hydrogen-bond acceptors (Lipinski definition) is 6. The number of rotatable bonds is 3. The van der Waals surface area contributed by atoms with Gasteiger partial charge in [-0.05, 0) is 17.7 Å². The summed E-state index contributed by atoms with van der Waals surface area (Å²) in [5.41, 5.74) is 3.69. The molecule has 0 aliphatic carbocycles. The second-order valence-electron chi connectivity index (χ2n) is 3.04. The highest BCUT2D eigenvalue weighted by atomic mass is 16.3. The van der Waals surface area contributed by atoms with E-state index in [9.17, 15) is 5.11 Å². The molecule has 16 heavy (non-hydrogen) atoms. The minimum Gasteiger partial charge on any atom is -0.872 e. The number of hydrogen-bond donors (Lipinski definition) is 2. The smallest absolute Gasteiger partial charge is 0.283 e. The van der Waals surface area contributed by atoms with Gasteiger partial charge in [0, 0.05) is 0 Å². The fraction of sp³-hybridized carbons (Fsp3) is 0.111. The van der Waals surface area contributed by atoms with Crippen LogP contribution in [0.3, 0.4) is 0 Å². The van der Waals surface area contributed by atoms with Gasteiger partial charge >= 0.3 is 0 Å². The van der Waals surface area contributed by atoms with E-state index in [4.69, 9.17) is 0 Å². The summed E-state index contributed by atoms with van der Waals surface area (Å²) in [5, 5.41) is 28.4. The predicted molar refractivity (Wildman–Crippen MR) is 55.9 cm³/mol. The largest absolute Gasteiger partial charge is 0.872 e. The maximum Gasteiger partial charge on any atom is 0.283 e. The Kier molecular flexibility index (Phi) is 2.77. The molecule has 0 saturated heterocycles. The van der Waals surface area contributed by atoms with E-state index < -0.39 is 0 Å². The molecule has 7 nitrogen and oxygen atoms in total. The Morgan fingerprint density at radius 3 is 2.94 bits per heavy atom. The lowest BCUT2D eigenvalue weighted by molar-refractivity contribution is -0.268. The highest BCUT2D eigenvalue weighted by Gasteiger charge is 1.98. The van der Waals surface area contributed by atoms with E-state index in [2.05, 4.69) is 31.2 Å². The minimum absolute atomic E-state index is 0.0707. The summed E-state index contributed by atoms with van der Waals surface area (Å²) < 4.78 is 0. The van der Waals surface area contributed by atoms with Crippen LogP contribution in [-0.4, -0.2) is 26.3 Å². The van der Waals surface area contributed by atoms with Crippen LogP contribution in [0.4, 0.5) is 5.95 Å². The van der Waals surface area contributed by atoms with Crippen molar-refractivity contribution in [3.8, 4) is 5.75 Å². The van der Waals surface area contributed by atoms with Crippen LogP contribution >= 0.6 is 0 Å². The molecule has 0 aliphatic rings. The van der Waals surface area contributed by atoms with Crippen molar-refractivity contribution in [3.63, 3.8) is 0 Å². The van der Waals surface area contributed by atoms with Crippen molar-refractivity contribution >= 4 is 11.7 Å². The number of aromatic nitrogens is 4. The van der Waals surface area contributed by atoms with Crippen molar-refractivity contribution in [2.45, 2.75) is 6.92 Å². The number of hydrazone groups is 1. The third-order valence-electron chi connectivity index (χ3n) is 1.95. The van der Waals surface area contributed by atoms with Crippen molar-refractivity contribution < 1.29 is 5.11 Å². The monoisotopic (exact) mass is 217 g/mol. The Hall–Kier alpha value is -2.44. The third kappa shape index (κ3) is 2.14. The lowest BCUT2D eigenvalue weighted by Crippen LogP contribution is -2.05. The number of anilines is 1. The van der Waals surface area contributed by atoms with E-state index in [1.54, 1.807) is 25.1 Å². The number of benzene rings is 1. The van der Waals surface area contributed by atoms with Gasteiger partial charge in [0.15, 0.2) is 0 Å². The first-order valence-corrected chi connectivity index (χ1v) is 4.57. The minimum atomic E-state index is -0.0707. The molecule has 2 rings (SSSR count). The molecule has 0 radical (unpaired) electrons. The average Bonchev–Trinajstić information content (AvgIpc) is 2.79. The average molecular weight is 217 g/mol. The standard InChI is InChI=1S/C9H10N6O/c1-6(7-4-2-3-5-8(7)16)10-11-9-12-14-15-13-9/h2-5,16H,1H3,(H2,11,12,13,14,15)/p-1/b10-6+. The molecule has 0 atom stereocenters. The molecule has 7 heteroatoms. The molecule has 1 aromatic heterocycles. The summed E-state index contributed by atoms with van der Waals surface area (Å²) >= 11 is 0. The molecular weight excluding hydrogens is 208 g/mol. The van der Waals surface area contributed by atoms with Gasteiger partial charge in [0.1, 0.15) is 0 Å². The van der Waals surface area contributed by atoms with Gasteiger partial charge in [-0.25, -0.2) is 5.43 Å². The second kappa shape index (κ2) is 4.39. The Labute approximate surface area is 91.2 Å². The van der Waals surface area contributed by atoms with Crippen molar-refractivity contribution in [2.75, 3.05) is 5.43 Å². The van der Waals surface area contributed by atoms with Crippen LogP contribution in [0.25, 0.3) is 0 Å². The maximum absolute atomic E-state index is 11.5. The van der Waals surface area contributed by atoms with Crippen LogP contribution in [0.5, 0.6) is 5.75 Å². The quantitative estimate of drug-likeness (QED) is 0.561. The van der Waals surface area contributed by atoms with Gasteiger partial charge in [0.2, 0.25) is 0 Å². The lowest BCUT2D eigenvalue weighted by atomic mass is 10.1. The van der Waals surface area contributed by atoms with Crippen molar-refractivity contribution in [2.24, 2.45) is 5.10 Å². The lowest BCUT2D eigenvalue weighted by Gasteiger charge is -2.11. The fourth-order valence-corrected chi connectivity index (χ4v) is 1.17. The SMILES string of the molecule is C/C(=N\Nc1nn[nH]n1)c1ccccc1[O-]. The normalized spacial score (nSPS) is 11.4. The van der Waals surface area contributed by atoms with E-state index in [0.29, 0.717) is 11.3 Å². The Bertz CT molecular complexity index is 492. The van der Waals surface area contributed by atoms with Gasteiger partial charge in [0.05, 0.1) is 5.71 Å². The molecule has 0 bridgehead atoms. The number of nitrogens with zero attached hydrogens (tertiary/aromatic N) is 4. The van der Waals surface area contributed by atoms with E-state index >= 15 is 0 Å². The first-order valence-electron chi connectivity index (χ1n) is 4.57. The van der Waals surface area contributed by atoms with Crippen LogP contribution in [0.15, 0.2) is 29.4 Å². The van der Waals surface area contributed by atoms with Gasteiger partial charge in [-0.3, -0.25) is 0 Å². The third-order valence-corrected chi connectivity index (χ3v) is 1.95. The fourth-order valence-electron chi connectivity index (χ4n) is 1.17. The second-order valence-corrected chi connectivity index (χ2v) is 3.04. The summed E-state index contributed by atoms with van der Waals surface area (Å²) in [7, 11) is 0. The molecular formula is C9H9N6O-. The number of aromatic amines is 1. The molecule has 82 valence electrons. The van der Waals surface area contributed by atoms with Crippen LogP contribution in [0, 0.1) is 0 Å². The van der Waals surface area contributed by atoms with Crippen molar-refractivity contribution in [3.05, 3.63) is 29.8 Å². The highest BCUT2D eigenvalue weighted by Crippen LogP contribution is 2.13. The van der Waals surface area contributed by atoms with E-state index in [1.165, 1.54) is 6.07 Å². The van der Waals surface area contributed by atoms with E-state index in [-0.39, 0.29) is 11.7 Å². The Morgan fingerprint density at radius 2 is 2.25 bits per heavy atom. The predicted octanol–water partition coefficient (Wildman–Crippen LogP) is 0.109. The summed E-state index contributed by atoms with van der Waals surface area (Å²) in [6, 6.07) is 6.66. The van der Waals surface area contributed by atoms with Gasteiger partial charge < -0.3 is 5.11 Å². The molecule has 1 heterocycles. The topological polar surface area (TPSA) is 102 Å². The van der Waals surface area contributed by atoms with Gasteiger partial charge in [-0.15, -0.1) is 5.10 Å². The molecule has 2 N–H and O–H groups in total. The first kappa shape index (κ1) is 10.1. The first-order chi connectivity index (χ1) is 7.77. The zero-order valence-electron chi connectivity index (χ0n) is 8.51. The van der Waals surface area contributed by atoms with Gasteiger partial charge in [-0.1, -0.05) is 35.1 Å². The van der Waals surface area contributed by atoms with E-state index in [1.807, 2.05) is 0 Å². The molecule has 0 saturated carbocycles. The highest BCUT2D eigenvalue weighted by molar-refractivity contribution is 6.01. The van der Waals surface area contributed by atoms with Crippen molar-refractivity contribution in [1.29, 1.82) is 0 Å². The van der Waals surface area contributed by atoms with Gasteiger partial charge in [0.25, 0.3) is 5.95 Å². The van der Waals surface area contributed by atoms with Crippen molar-refractivity contribution in [1.82, 2.24) is 20.6 Å². The summed E-state index contributed by atoms with van der Waals surface area (Å²) in [5.74, 6) is 0.182. The maximum atomic E-state index is 11.5. The number of nitrogens with one attached hydrogen (secondary N) is 2. The van der Waals surface area contributed by atoms with Crippen LogP contribution in [-0.2, 0) is 0 Å². The zero-order chi connectivity index (χ0) is 11.4. The number of para-hydroxylation sites is 1. The summed E-state index contributed by atoms with van der Waals surface area (Å²) in [6.07, 6.45) is 0. The molecule has 0 aliphatic heterocycles. The van der Waals surface area contributed by atoms with Crippen LogP contribution < -0.4 is 10.5 Å². The Balaban J connectivity index is 2.16. The summed E-state index contributed by atoms with van der Waals surface area (Å²) in [4.78, 5) is 0. The molecule has 1 aromatic carbocycles. The molecule has 0 amide bonds. The molecule has 2 aromatic rings. The van der Waals surface area contributed by atoms with Gasteiger partial charge in [-0.2, -0.15) is 10.3 Å². The number of H-pyrrole nitrogens is 1. The Morgan fingerprint density at radius 1 is 1.44 bits per heavy atom. The zero-order valence-corrected chi connectivity index (χ0v) is 8.51. The molecule has 0 unspecified atom stereocenters. The van der Waals surface area contributed by atoms with Crippen LogP contribution in [0.2, 0.25) is 0 Å². The molecule has 0 fully saturated rings. The number of tetrazole rings is 1. The van der Waals surface area contributed by atoms with E-state index in [0.717, 1.165) is 0 Å².